The molecule has 1 aliphatic heterocycles. The molecule has 136 valence electrons. The summed E-state index contributed by atoms with van der Waals surface area (Å²) >= 11 is 0. The minimum atomic E-state index is -4.52. The third kappa shape index (κ3) is 3.84. The monoisotopic (exact) mass is 357 g/mol. The summed E-state index contributed by atoms with van der Waals surface area (Å²) in [4.78, 5) is 18.4. The van der Waals surface area contributed by atoms with Crippen LogP contribution < -0.4 is 0 Å². The number of imidazole rings is 1. The molecule has 2 aromatic rings. The Kier molecular flexibility index (Phi) is 4.55. The van der Waals surface area contributed by atoms with Gasteiger partial charge in [0.1, 0.15) is 18.5 Å². The number of rotatable bonds is 3. The number of aryl methyl sites for hydroxylation is 2. The van der Waals surface area contributed by atoms with Gasteiger partial charge in [-0.05, 0) is 13.0 Å². The van der Waals surface area contributed by atoms with Crippen LogP contribution >= 0.6 is 0 Å². The maximum absolute atomic E-state index is 12.6. The van der Waals surface area contributed by atoms with Crippen LogP contribution in [0.2, 0.25) is 0 Å². The molecule has 0 N–H and O–H groups in total. The van der Waals surface area contributed by atoms with Gasteiger partial charge in [-0.15, -0.1) is 0 Å². The second-order valence-electron chi connectivity index (χ2n) is 5.95. The number of hydrogen-bond donors (Lipinski definition) is 0. The summed E-state index contributed by atoms with van der Waals surface area (Å²) in [5, 5.41) is 3.41. The van der Waals surface area contributed by atoms with Crippen molar-refractivity contribution in [3.63, 3.8) is 0 Å². The molecule has 10 heteroatoms. The Morgan fingerprint density at radius 2 is 2.20 bits per heavy atom. The van der Waals surface area contributed by atoms with Crippen LogP contribution in [0.3, 0.4) is 0 Å². The average molecular weight is 357 g/mol. The predicted octanol–water partition coefficient (Wildman–Crippen LogP) is 1.54. The van der Waals surface area contributed by atoms with Crippen LogP contribution in [-0.2, 0) is 29.3 Å². The van der Waals surface area contributed by atoms with E-state index in [1.165, 1.54) is 0 Å². The highest BCUT2D eigenvalue weighted by Gasteiger charge is 2.34. The third-order valence-corrected chi connectivity index (χ3v) is 3.97. The molecular formula is C15H18F3N5O2. The summed E-state index contributed by atoms with van der Waals surface area (Å²) < 4.78 is 46.3. The van der Waals surface area contributed by atoms with Gasteiger partial charge in [-0.1, -0.05) is 0 Å². The van der Waals surface area contributed by atoms with Gasteiger partial charge in [-0.3, -0.25) is 9.48 Å². The predicted molar refractivity (Wildman–Crippen MR) is 80.4 cm³/mol. The van der Waals surface area contributed by atoms with E-state index >= 15 is 0 Å². The van der Waals surface area contributed by atoms with Gasteiger partial charge < -0.3 is 14.2 Å². The SMILES string of the molecule is Cc1cn(C)c(C2CN(C(=O)Cn3ccc(C(F)(F)F)n3)CCO2)n1. The number of nitrogens with zero attached hydrogens (tertiary/aromatic N) is 5. The summed E-state index contributed by atoms with van der Waals surface area (Å²) in [5.41, 5.74) is -0.163. The smallest absolute Gasteiger partial charge is 0.367 e. The highest BCUT2D eigenvalue weighted by molar-refractivity contribution is 5.76. The van der Waals surface area contributed by atoms with E-state index in [0.29, 0.717) is 25.5 Å². The first-order valence-corrected chi connectivity index (χ1v) is 7.74. The van der Waals surface area contributed by atoms with E-state index in [0.717, 1.165) is 22.6 Å². The molecule has 3 rings (SSSR count). The van der Waals surface area contributed by atoms with Crippen LogP contribution in [0.25, 0.3) is 0 Å². The first-order chi connectivity index (χ1) is 11.7. The molecule has 1 unspecified atom stereocenters. The van der Waals surface area contributed by atoms with E-state index in [1.807, 2.05) is 24.7 Å². The minimum Gasteiger partial charge on any atom is -0.367 e. The van der Waals surface area contributed by atoms with E-state index in [1.54, 1.807) is 4.90 Å². The Morgan fingerprint density at radius 3 is 2.80 bits per heavy atom. The van der Waals surface area contributed by atoms with Crippen molar-refractivity contribution in [1.29, 1.82) is 0 Å². The number of amides is 1. The second kappa shape index (κ2) is 6.51. The van der Waals surface area contributed by atoms with Crippen LogP contribution in [0, 0.1) is 6.92 Å². The first-order valence-electron chi connectivity index (χ1n) is 7.74. The van der Waals surface area contributed by atoms with Gasteiger partial charge in [-0.2, -0.15) is 18.3 Å². The summed E-state index contributed by atoms with van der Waals surface area (Å²) in [6.07, 6.45) is -1.86. The van der Waals surface area contributed by atoms with Crippen LogP contribution in [0.4, 0.5) is 13.2 Å². The fourth-order valence-corrected chi connectivity index (χ4v) is 2.81. The number of alkyl halides is 3. The summed E-state index contributed by atoms with van der Waals surface area (Å²) in [5.74, 6) is 0.407. The van der Waals surface area contributed by atoms with E-state index in [4.69, 9.17) is 4.74 Å². The van der Waals surface area contributed by atoms with Gasteiger partial charge in [-0.25, -0.2) is 4.98 Å². The molecule has 1 atom stereocenters. The lowest BCUT2D eigenvalue weighted by atomic mass is 10.2. The molecule has 0 bridgehead atoms. The molecule has 25 heavy (non-hydrogen) atoms. The van der Waals surface area contributed by atoms with E-state index in [9.17, 15) is 18.0 Å². The van der Waals surface area contributed by atoms with Crippen molar-refractivity contribution in [1.82, 2.24) is 24.2 Å². The first kappa shape index (κ1) is 17.5. The summed E-state index contributed by atoms with van der Waals surface area (Å²) in [6, 6.07) is 0.853. The Hall–Kier alpha value is -2.36. The van der Waals surface area contributed by atoms with E-state index in [-0.39, 0.29) is 18.6 Å². The number of aromatic nitrogens is 4. The number of carbonyl (C=O) groups excluding carboxylic acids is 1. The molecule has 1 fully saturated rings. The lowest BCUT2D eigenvalue weighted by Gasteiger charge is -2.32. The van der Waals surface area contributed by atoms with E-state index in [2.05, 4.69) is 10.1 Å². The molecule has 1 amide bonds. The Bertz CT molecular complexity index is 768. The number of ether oxygens (including phenoxy) is 1. The number of carbonyl (C=O) groups is 1. The summed E-state index contributed by atoms with van der Waals surface area (Å²) in [7, 11) is 1.85. The lowest BCUT2D eigenvalue weighted by Crippen LogP contribution is -2.44. The van der Waals surface area contributed by atoms with Crippen molar-refractivity contribution >= 4 is 5.91 Å². The van der Waals surface area contributed by atoms with Crippen LogP contribution in [-0.4, -0.2) is 49.8 Å². The Morgan fingerprint density at radius 1 is 1.44 bits per heavy atom. The second-order valence-corrected chi connectivity index (χ2v) is 5.95. The van der Waals surface area contributed by atoms with Gasteiger partial charge >= 0.3 is 6.18 Å². The van der Waals surface area contributed by atoms with E-state index < -0.39 is 11.9 Å². The number of morpholine rings is 1. The number of halogens is 3. The molecule has 1 saturated heterocycles. The minimum absolute atomic E-state index is 0.248. The van der Waals surface area contributed by atoms with Crippen molar-refractivity contribution in [3.8, 4) is 0 Å². The molecule has 0 aromatic carbocycles. The van der Waals surface area contributed by atoms with Gasteiger partial charge in [0.15, 0.2) is 5.69 Å². The zero-order valence-corrected chi connectivity index (χ0v) is 13.8. The number of hydrogen-bond acceptors (Lipinski definition) is 4. The topological polar surface area (TPSA) is 65.2 Å². The molecule has 2 aromatic heterocycles. The molecule has 3 heterocycles. The van der Waals surface area contributed by atoms with Crippen LogP contribution in [0.1, 0.15) is 23.3 Å². The van der Waals surface area contributed by atoms with Crippen LogP contribution in [0.5, 0.6) is 0 Å². The maximum Gasteiger partial charge on any atom is 0.435 e. The highest BCUT2D eigenvalue weighted by Crippen LogP contribution is 2.27. The van der Waals surface area contributed by atoms with Crippen molar-refractivity contribution in [2.24, 2.45) is 7.05 Å². The molecule has 0 aliphatic carbocycles. The third-order valence-electron chi connectivity index (χ3n) is 3.97. The molecular weight excluding hydrogens is 339 g/mol. The van der Waals surface area contributed by atoms with Crippen molar-refractivity contribution in [2.75, 3.05) is 19.7 Å². The zero-order chi connectivity index (χ0) is 18.2. The van der Waals surface area contributed by atoms with Gasteiger partial charge in [0.25, 0.3) is 0 Å². The van der Waals surface area contributed by atoms with Crippen molar-refractivity contribution in [2.45, 2.75) is 25.7 Å². The average Bonchev–Trinajstić information content (AvgIpc) is 3.13. The molecule has 0 spiro atoms. The van der Waals surface area contributed by atoms with Crippen LogP contribution in [0.15, 0.2) is 18.5 Å². The summed E-state index contributed by atoms with van der Waals surface area (Å²) in [6.45, 7) is 2.64. The quantitative estimate of drug-likeness (QED) is 0.836. The lowest BCUT2D eigenvalue weighted by molar-refractivity contribution is -0.143. The maximum atomic E-state index is 12.6. The molecule has 0 saturated carbocycles. The molecule has 7 nitrogen and oxygen atoms in total. The van der Waals surface area contributed by atoms with Gasteiger partial charge in [0.05, 0.1) is 18.8 Å². The van der Waals surface area contributed by atoms with Crippen molar-refractivity contribution < 1.29 is 22.7 Å². The molecule has 0 radical (unpaired) electrons. The fourth-order valence-electron chi connectivity index (χ4n) is 2.81. The molecule has 1 aliphatic rings. The van der Waals surface area contributed by atoms with Crippen molar-refractivity contribution in [3.05, 3.63) is 35.7 Å². The Labute approximate surface area is 142 Å². The zero-order valence-electron chi connectivity index (χ0n) is 13.8. The largest absolute Gasteiger partial charge is 0.435 e. The standard InChI is InChI=1S/C15H18F3N5O2/c1-10-7-21(2)14(19-10)11-8-22(5-6-25-11)13(24)9-23-4-3-12(20-23)15(16,17)18/h3-4,7,11H,5-6,8-9H2,1-2H3. The normalized spacial score (nSPS) is 18.6. The Balaban J connectivity index is 1.66. The highest BCUT2D eigenvalue weighted by atomic mass is 19.4. The van der Waals surface area contributed by atoms with Gasteiger partial charge in [0, 0.05) is 26.0 Å². The fraction of sp³-hybridized carbons (Fsp3) is 0.533. The van der Waals surface area contributed by atoms with Gasteiger partial charge in [0.2, 0.25) is 5.91 Å².